The topological polar surface area (TPSA) is 9.72 Å². The first-order valence-electron chi connectivity index (χ1n) is 6.06. The van der Waals surface area contributed by atoms with Crippen LogP contribution in [0.1, 0.15) is 41.5 Å². The molecule has 0 saturated carbocycles. The van der Waals surface area contributed by atoms with Crippen molar-refractivity contribution in [2.45, 2.75) is 59.8 Å². The molecule has 1 radical (unpaired) electrons. The molecule has 0 N–H and O–H groups in total. The standard InChI is InChI=1S/C8H18N2.C3H8N.Sn/c1-6(2)9-8(5)10-7(3)4;1-3-4-2;/h6-8H,1-5H3;3H2,1-2H3;/q-2;-1;+3. The van der Waals surface area contributed by atoms with Crippen LogP contribution in [0.25, 0.3) is 0 Å². The van der Waals surface area contributed by atoms with Crippen LogP contribution in [0, 0.1) is 0 Å². The van der Waals surface area contributed by atoms with Gasteiger partial charge in [-0.3, -0.25) is 0 Å². The van der Waals surface area contributed by atoms with Gasteiger partial charge in [0.05, 0.1) is 0 Å². The maximum absolute atomic E-state index is 2.77. The summed E-state index contributed by atoms with van der Waals surface area (Å²) < 4.78 is 8.15. The summed E-state index contributed by atoms with van der Waals surface area (Å²) in [4.78, 5) is 0. The fraction of sp³-hybridized carbons (Fsp3) is 1.00. The minimum absolute atomic E-state index is 0.661. The van der Waals surface area contributed by atoms with E-state index in [1.807, 2.05) is 0 Å². The zero-order chi connectivity index (χ0) is 11.7. The van der Waals surface area contributed by atoms with Crippen LogP contribution in [0.3, 0.4) is 0 Å². The molecule has 0 aliphatic carbocycles. The number of hydrogen-bond acceptors (Lipinski definition) is 3. The first-order valence-corrected chi connectivity index (χ1v) is 9.89. The summed E-state index contributed by atoms with van der Waals surface area (Å²) in [5, 5.41) is 0. The number of hydrogen-bond donors (Lipinski definition) is 0. The molecule has 1 fully saturated rings. The summed E-state index contributed by atoms with van der Waals surface area (Å²) >= 11 is -1.62. The molecule has 0 atom stereocenters. The van der Waals surface area contributed by atoms with Crippen LogP contribution in [0.15, 0.2) is 0 Å². The maximum atomic E-state index is 2.77. The molecule has 0 unspecified atom stereocenters. The Hall–Kier alpha value is 0.679. The van der Waals surface area contributed by atoms with Gasteiger partial charge in [-0.2, -0.15) is 0 Å². The molecule has 0 amide bonds. The van der Waals surface area contributed by atoms with Crippen molar-refractivity contribution >= 4 is 20.6 Å². The van der Waals surface area contributed by atoms with Crippen LogP contribution < -0.4 is 0 Å². The molecular weight excluding hydrogens is 293 g/mol. The Labute approximate surface area is 103 Å². The molecule has 89 valence electrons. The third-order valence-electron chi connectivity index (χ3n) is 3.20. The van der Waals surface area contributed by atoms with Crippen LogP contribution in [0.2, 0.25) is 0 Å². The van der Waals surface area contributed by atoms with E-state index in [9.17, 15) is 0 Å². The van der Waals surface area contributed by atoms with Gasteiger partial charge in [0.1, 0.15) is 0 Å². The van der Waals surface area contributed by atoms with Crippen LogP contribution in [-0.4, -0.2) is 61.8 Å². The number of rotatable bonds is 4. The van der Waals surface area contributed by atoms with Crippen LogP contribution in [-0.2, 0) is 0 Å². The molecule has 1 saturated heterocycles. The third kappa shape index (κ3) is 2.51. The van der Waals surface area contributed by atoms with E-state index in [1.54, 1.807) is 0 Å². The zero-order valence-corrected chi connectivity index (χ0v) is 14.1. The normalized spacial score (nSPS) is 22.0. The molecular formula is C11H26N3Sn. The average Bonchev–Trinajstić information content (AvgIpc) is 2.11. The average molecular weight is 319 g/mol. The molecule has 0 bridgehead atoms. The van der Waals surface area contributed by atoms with E-state index in [-0.39, 0.29) is 0 Å². The van der Waals surface area contributed by atoms with Gasteiger partial charge in [0.25, 0.3) is 0 Å². The van der Waals surface area contributed by atoms with Crippen molar-refractivity contribution in [1.82, 2.24) is 9.36 Å². The molecule has 1 rings (SSSR count). The molecule has 3 nitrogen and oxygen atoms in total. The van der Waals surface area contributed by atoms with Crippen LogP contribution in [0.5, 0.6) is 0 Å². The second kappa shape index (κ2) is 5.34. The Balaban J connectivity index is 2.76. The Bertz CT molecular complexity index is 192. The molecule has 1 aliphatic heterocycles. The molecule has 0 aromatic carbocycles. The number of nitrogens with zero attached hydrogens (tertiary/aromatic N) is 3. The van der Waals surface area contributed by atoms with Crippen molar-refractivity contribution in [3.8, 4) is 0 Å². The van der Waals surface area contributed by atoms with Crippen LogP contribution in [0.4, 0.5) is 0 Å². The minimum atomic E-state index is -1.62. The molecule has 0 spiro atoms. The first-order chi connectivity index (χ1) is 6.91. The summed E-state index contributed by atoms with van der Waals surface area (Å²) in [6.07, 6.45) is 0.661. The van der Waals surface area contributed by atoms with E-state index in [1.165, 1.54) is 6.54 Å². The summed E-state index contributed by atoms with van der Waals surface area (Å²) in [5.41, 5.74) is 0. The van der Waals surface area contributed by atoms with Gasteiger partial charge in [0, 0.05) is 0 Å². The second-order valence-electron chi connectivity index (χ2n) is 4.95. The van der Waals surface area contributed by atoms with Crippen molar-refractivity contribution < 1.29 is 0 Å². The van der Waals surface area contributed by atoms with Crippen molar-refractivity contribution in [3.05, 3.63) is 0 Å². The van der Waals surface area contributed by atoms with Crippen molar-refractivity contribution in [2.75, 3.05) is 13.6 Å². The van der Waals surface area contributed by atoms with Gasteiger partial charge < -0.3 is 0 Å². The molecule has 0 aromatic rings. The summed E-state index contributed by atoms with van der Waals surface area (Å²) in [7, 11) is 2.30. The predicted octanol–water partition coefficient (Wildman–Crippen LogP) is 1.70. The van der Waals surface area contributed by atoms with Crippen molar-refractivity contribution in [2.24, 2.45) is 0 Å². The van der Waals surface area contributed by atoms with Gasteiger partial charge in [-0.15, -0.1) is 0 Å². The van der Waals surface area contributed by atoms with E-state index in [2.05, 4.69) is 58.0 Å². The molecule has 1 heterocycles. The summed E-state index contributed by atoms with van der Waals surface area (Å²) in [5.74, 6) is 0. The fourth-order valence-corrected chi connectivity index (χ4v) is 11.0. The third-order valence-corrected chi connectivity index (χ3v) is 13.8. The van der Waals surface area contributed by atoms with E-state index in [0.717, 1.165) is 0 Å². The van der Waals surface area contributed by atoms with Crippen LogP contribution >= 0.6 is 0 Å². The van der Waals surface area contributed by atoms with Crippen molar-refractivity contribution in [3.63, 3.8) is 0 Å². The van der Waals surface area contributed by atoms with E-state index in [4.69, 9.17) is 0 Å². The van der Waals surface area contributed by atoms with E-state index < -0.39 is 20.6 Å². The summed E-state index contributed by atoms with van der Waals surface area (Å²) in [6, 6.07) is 1.41. The molecule has 15 heavy (non-hydrogen) atoms. The fourth-order valence-electron chi connectivity index (χ4n) is 2.41. The Morgan fingerprint density at radius 2 is 1.53 bits per heavy atom. The molecule has 4 heteroatoms. The van der Waals surface area contributed by atoms with Gasteiger partial charge in [-0.25, -0.2) is 0 Å². The molecule has 1 aliphatic rings. The zero-order valence-electron chi connectivity index (χ0n) is 11.3. The monoisotopic (exact) mass is 320 g/mol. The van der Waals surface area contributed by atoms with E-state index in [0.29, 0.717) is 18.2 Å². The SMILES string of the molecule is CC[N](C)[Sn]1[N](C(C)C)C(C)[N]1C(C)C. The quantitative estimate of drug-likeness (QED) is 0.731. The Morgan fingerprint density at radius 3 is 1.80 bits per heavy atom. The Kier molecular flexibility index (Phi) is 4.89. The second-order valence-corrected chi connectivity index (χ2v) is 11.8. The van der Waals surface area contributed by atoms with Gasteiger partial charge in [-0.1, -0.05) is 0 Å². The molecule has 0 aromatic heterocycles. The summed E-state index contributed by atoms with van der Waals surface area (Å²) in [6.45, 7) is 15.1. The van der Waals surface area contributed by atoms with Crippen molar-refractivity contribution in [1.29, 1.82) is 0 Å². The van der Waals surface area contributed by atoms with E-state index >= 15 is 0 Å². The van der Waals surface area contributed by atoms with Gasteiger partial charge >= 0.3 is 103 Å². The predicted molar refractivity (Wildman–Crippen MR) is 67.5 cm³/mol. The first kappa shape index (κ1) is 13.7. The van der Waals surface area contributed by atoms with Gasteiger partial charge in [0.2, 0.25) is 0 Å². The Morgan fingerprint density at radius 1 is 1.13 bits per heavy atom. The van der Waals surface area contributed by atoms with Gasteiger partial charge in [0.15, 0.2) is 0 Å². The van der Waals surface area contributed by atoms with Gasteiger partial charge in [-0.05, 0) is 0 Å².